The molecule has 8 nitrogen and oxygen atoms in total. The van der Waals surface area contributed by atoms with Gasteiger partial charge in [-0.2, -0.15) is 4.68 Å². The molecule has 0 atom stereocenters. The van der Waals surface area contributed by atoms with Crippen LogP contribution >= 0.6 is 0 Å². The number of hydrogen-bond acceptors (Lipinski definition) is 6. The quantitative estimate of drug-likeness (QED) is 0.585. The van der Waals surface area contributed by atoms with E-state index in [9.17, 15) is 4.79 Å². The molecule has 0 saturated carbocycles. The van der Waals surface area contributed by atoms with Crippen molar-refractivity contribution in [1.29, 1.82) is 0 Å². The first-order valence-corrected chi connectivity index (χ1v) is 8.33. The minimum absolute atomic E-state index is 0.238. The normalized spacial score (nSPS) is 11.0. The van der Waals surface area contributed by atoms with Gasteiger partial charge in [0.15, 0.2) is 11.6 Å². The first kappa shape index (κ1) is 16.9. The lowest BCUT2D eigenvalue weighted by Crippen LogP contribution is -2.13. The van der Waals surface area contributed by atoms with E-state index >= 15 is 0 Å². The van der Waals surface area contributed by atoms with Crippen LogP contribution in [0.4, 0.5) is 5.69 Å². The number of tetrazole rings is 1. The topological polar surface area (TPSA) is 95.1 Å². The number of nitrogens with zero attached hydrogens (tertiary/aromatic N) is 4. The Hall–Kier alpha value is -3.52. The van der Waals surface area contributed by atoms with Gasteiger partial charge in [-0.05, 0) is 41.6 Å². The van der Waals surface area contributed by atoms with E-state index in [0.29, 0.717) is 17.1 Å². The van der Waals surface area contributed by atoms with Gasteiger partial charge in [-0.1, -0.05) is 24.3 Å². The molecule has 1 amide bonds. The molecule has 27 heavy (non-hydrogen) atoms. The van der Waals surface area contributed by atoms with Crippen molar-refractivity contribution in [2.24, 2.45) is 0 Å². The Balaban J connectivity index is 1.66. The number of methoxy groups -OCH3 is 1. The third-order valence-electron chi connectivity index (χ3n) is 4.17. The van der Waals surface area contributed by atoms with Gasteiger partial charge in [0.05, 0.1) is 12.3 Å². The fourth-order valence-electron chi connectivity index (χ4n) is 2.94. The number of rotatable bonds is 5. The van der Waals surface area contributed by atoms with Crippen molar-refractivity contribution < 1.29 is 13.9 Å². The lowest BCUT2D eigenvalue weighted by atomic mass is 10.1. The number of furan rings is 1. The number of aromatic nitrogens is 4. The summed E-state index contributed by atoms with van der Waals surface area (Å²) in [6.07, 6.45) is 0. The Kier molecular flexibility index (Phi) is 4.39. The van der Waals surface area contributed by atoms with Gasteiger partial charge in [0, 0.05) is 23.7 Å². The minimum atomic E-state index is -0.344. The highest BCUT2D eigenvalue weighted by Gasteiger charge is 2.20. The van der Waals surface area contributed by atoms with Crippen molar-refractivity contribution in [2.45, 2.75) is 13.5 Å². The predicted octanol–water partition coefficient (Wildman–Crippen LogP) is 3.12. The predicted molar refractivity (Wildman–Crippen MR) is 98.8 cm³/mol. The molecule has 136 valence electrons. The molecule has 4 aromatic rings. The molecular formula is C19H17N5O3. The zero-order chi connectivity index (χ0) is 18.8. The van der Waals surface area contributed by atoms with E-state index in [-0.39, 0.29) is 18.3 Å². The maximum atomic E-state index is 12.8. The summed E-state index contributed by atoms with van der Waals surface area (Å²) in [5.74, 6) is 0.545. The second kappa shape index (κ2) is 7.00. The summed E-state index contributed by atoms with van der Waals surface area (Å²) in [5.41, 5.74) is 2.72. The molecule has 0 aliphatic rings. The Bertz CT molecular complexity index is 1120. The van der Waals surface area contributed by atoms with Gasteiger partial charge in [-0.3, -0.25) is 4.79 Å². The number of hydrogen-bond donors (Lipinski definition) is 1. The Morgan fingerprint density at radius 2 is 2.07 bits per heavy atom. The van der Waals surface area contributed by atoms with Crippen LogP contribution in [0.2, 0.25) is 0 Å². The molecule has 4 rings (SSSR count). The molecule has 0 bridgehead atoms. The van der Waals surface area contributed by atoms with E-state index in [4.69, 9.17) is 9.15 Å². The molecule has 0 spiro atoms. The standard InChI is InChI=1S/C19H17N5O3/c1-12-21-22-23-24(12)14-7-5-6-13(10-14)20-19(25)18-16(11-26-2)15-8-3-4-9-17(15)27-18/h3-10H,11H2,1-2H3,(H,20,25). The summed E-state index contributed by atoms with van der Waals surface area (Å²) in [5, 5.41) is 15.2. The van der Waals surface area contributed by atoms with Crippen LogP contribution in [0.1, 0.15) is 21.9 Å². The van der Waals surface area contributed by atoms with Gasteiger partial charge in [0.1, 0.15) is 5.58 Å². The number of nitrogens with one attached hydrogen (secondary N) is 1. The fourth-order valence-corrected chi connectivity index (χ4v) is 2.94. The molecule has 2 heterocycles. The highest BCUT2D eigenvalue weighted by atomic mass is 16.5. The minimum Gasteiger partial charge on any atom is -0.451 e. The summed E-state index contributed by atoms with van der Waals surface area (Å²) < 4.78 is 12.6. The number of fused-ring (bicyclic) bond motifs is 1. The van der Waals surface area contributed by atoms with Gasteiger partial charge in [0.2, 0.25) is 0 Å². The number of carbonyl (C=O) groups excluding carboxylic acids is 1. The number of aryl methyl sites for hydroxylation is 1. The zero-order valence-electron chi connectivity index (χ0n) is 14.8. The van der Waals surface area contributed by atoms with Gasteiger partial charge >= 0.3 is 0 Å². The van der Waals surface area contributed by atoms with Crippen molar-refractivity contribution in [3.8, 4) is 5.69 Å². The van der Waals surface area contributed by atoms with Crippen molar-refractivity contribution in [3.63, 3.8) is 0 Å². The monoisotopic (exact) mass is 363 g/mol. The third kappa shape index (κ3) is 3.18. The molecular weight excluding hydrogens is 346 g/mol. The second-order valence-corrected chi connectivity index (χ2v) is 5.98. The van der Waals surface area contributed by atoms with Gasteiger partial charge < -0.3 is 14.5 Å². The average Bonchev–Trinajstić information content (AvgIpc) is 3.26. The largest absolute Gasteiger partial charge is 0.451 e. The van der Waals surface area contributed by atoms with E-state index in [1.165, 1.54) is 0 Å². The van der Waals surface area contributed by atoms with Crippen LogP contribution in [0.25, 0.3) is 16.7 Å². The summed E-state index contributed by atoms with van der Waals surface area (Å²) in [6.45, 7) is 2.08. The van der Waals surface area contributed by atoms with E-state index in [1.807, 2.05) is 36.4 Å². The highest BCUT2D eigenvalue weighted by molar-refractivity contribution is 6.06. The number of carbonyl (C=O) groups is 1. The highest BCUT2D eigenvalue weighted by Crippen LogP contribution is 2.27. The first-order chi connectivity index (χ1) is 13.2. The van der Waals surface area contributed by atoms with E-state index in [2.05, 4.69) is 20.8 Å². The molecule has 0 unspecified atom stereocenters. The number of ether oxygens (including phenoxy) is 1. The van der Waals surface area contributed by atoms with Crippen molar-refractivity contribution in [2.75, 3.05) is 12.4 Å². The molecule has 0 aliphatic carbocycles. The third-order valence-corrected chi connectivity index (χ3v) is 4.17. The molecule has 0 saturated heterocycles. The second-order valence-electron chi connectivity index (χ2n) is 5.98. The first-order valence-electron chi connectivity index (χ1n) is 8.33. The SMILES string of the molecule is COCc1c(C(=O)Nc2cccc(-n3nnnc3C)c2)oc2ccccc12. The summed E-state index contributed by atoms with van der Waals surface area (Å²) in [7, 11) is 1.58. The molecule has 0 radical (unpaired) electrons. The van der Waals surface area contributed by atoms with Crippen LogP contribution in [-0.2, 0) is 11.3 Å². The molecule has 8 heteroatoms. The molecule has 2 aromatic carbocycles. The number of amides is 1. The number of benzene rings is 2. The van der Waals surface area contributed by atoms with E-state index in [1.54, 1.807) is 30.8 Å². The van der Waals surface area contributed by atoms with Crippen LogP contribution in [0.15, 0.2) is 52.9 Å². The number of para-hydroxylation sites is 1. The van der Waals surface area contributed by atoms with Crippen molar-refractivity contribution in [3.05, 3.63) is 65.7 Å². The maximum absolute atomic E-state index is 12.8. The lowest BCUT2D eigenvalue weighted by Gasteiger charge is -2.07. The number of anilines is 1. The Morgan fingerprint density at radius 1 is 1.22 bits per heavy atom. The molecule has 1 N–H and O–H groups in total. The van der Waals surface area contributed by atoms with Crippen LogP contribution < -0.4 is 5.32 Å². The van der Waals surface area contributed by atoms with Crippen LogP contribution in [0.5, 0.6) is 0 Å². The van der Waals surface area contributed by atoms with Crippen LogP contribution in [-0.4, -0.2) is 33.2 Å². The van der Waals surface area contributed by atoms with Gasteiger partial charge in [-0.25, -0.2) is 0 Å². The van der Waals surface area contributed by atoms with E-state index < -0.39 is 0 Å². The van der Waals surface area contributed by atoms with Gasteiger partial charge in [0.25, 0.3) is 5.91 Å². The fraction of sp³-hybridized carbons (Fsp3) is 0.158. The Labute approximate surface area is 154 Å². The van der Waals surface area contributed by atoms with Gasteiger partial charge in [-0.15, -0.1) is 5.10 Å². The van der Waals surface area contributed by atoms with Crippen LogP contribution in [0.3, 0.4) is 0 Å². The van der Waals surface area contributed by atoms with Crippen LogP contribution in [0, 0.1) is 6.92 Å². The smallest absolute Gasteiger partial charge is 0.291 e. The molecule has 0 fully saturated rings. The average molecular weight is 363 g/mol. The summed E-state index contributed by atoms with van der Waals surface area (Å²) in [4.78, 5) is 12.8. The zero-order valence-corrected chi connectivity index (χ0v) is 14.8. The van der Waals surface area contributed by atoms with Crippen molar-refractivity contribution in [1.82, 2.24) is 20.2 Å². The maximum Gasteiger partial charge on any atom is 0.291 e. The van der Waals surface area contributed by atoms with Crippen molar-refractivity contribution >= 4 is 22.6 Å². The summed E-state index contributed by atoms with van der Waals surface area (Å²) >= 11 is 0. The van der Waals surface area contributed by atoms with E-state index in [0.717, 1.165) is 16.6 Å². The molecule has 0 aliphatic heterocycles. The molecule has 2 aromatic heterocycles. The summed E-state index contributed by atoms with van der Waals surface area (Å²) in [6, 6.07) is 14.8. The Morgan fingerprint density at radius 3 is 2.85 bits per heavy atom. The lowest BCUT2D eigenvalue weighted by molar-refractivity contribution is 0.0992.